The number of amides is 1. The predicted octanol–water partition coefficient (Wildman–Crippen LogP) is -1.15. The SMILES string of the molecule is CC(=O)Nc1ccc(S(=O)(=O)NC(=NCCO)NCCO)cc1. The first kappa shape index (κ1) is 18.9. The van der Waals surface area contributed by atoms with Gasteiger partial charge < -0.3 is 20.8 Å². The highest BCUT2D eigenvalue weighted by atomic mass is 32.2. The molecule has 1 aromatic carbocycles. The first-order valence-corrected chi connectivity index (χ1v) is 8.28. The van der Waals surface area contributed by atoms with Crippen LogP contribution in [0.1, 0.15) is 6.92 Å². The molecule has 0 aromatic heterocycles. The van der Waals surface area contributed by atoms with Gasteiger partial charge in [0.1, 0.15) is 0 Å². The zero-order valence-corrected chi connectivity index (χ0v) is 13.4. The number of hydrogen-bond donors (Lipinski definition) is 5. The standard InChI is InChI=1S/C13H20N4O5S/c1-10(20)16-11-2-4-12(5-3-11)23(21,22)17-13(14-6-8-18)15-7-9-19/h2-5,18-19H,6-9H2,1H3,(H,16,20)(H2,14,15,17). The molecule has 0 saturated heterocycles. The van der Waals surface area contributed by atoms with Gasteiger partial charge in [-0.15, -0.1) is 0 Å². The van der Waals surface area contributed by atoms with Gasteiger partial charge in [-0.25, -0.2) is 13.1 Å². The Morgan fingerprint density at radius 1 is 1.17 bits per heavy atom. The topological polar surface area (TPSA) is 140 Å². The summed E-state index contributed by atoms with van der Waals surface area (Å²) in [5.41, 5.74) is 0.476. The minimum absolute atomic E-state index is 0.0117. The van der Waals surface area contributed by atoms with Gasteiger partial charge in [0.2, 0.25) is 11.9 Å². The van der Waals surface area contributed by atoms with Crippen LogP contribution in [0.2, 0.25) is 0 Å². The van der Waals surface area contributed by atoms with Crippen LogP contribution < -0.4 is 15.4 Å². The number of sulfonamides is 1. The number of nitrogens with zero attached hydrogens (tertiary/aromatic N) is 1. The maximum absolute atomic E-state index is 12.3. The van der Waals surface area contributed by atoms with E-state index in [1.807, 2.05) is 0 Å². The number of hydrogen-bond acceptors (Lipinski definition) is 6. The predicted molar refractivity (Wildman–Crippen MR) is 85.5 cm³/mol. The van der Waals surface area contributed by atoms with E-state index < -0.39 is 10.0 Å². The van der Waals surface area contributed by atoms with E-state index in [1.54, 1.807) is 0 Å². The van der Waals surface area contributed by atoms with Crippen molar-refractivity contribution in [1.82, 2.24) is 10.0 Å². The zero-order valence-electron chi connectivity index (χ0n) is 12.6. The maximum Gasteiger partial charge on any atom is 0.264 e. The summed E-state index contributed by atoms with van der Waals surface area (Å²) in [6.45, 7) is 1.03. The Morgan fingerprint density at radius 3 is 2.35 bits per heavy atom. The summed E-state index contributed by atoms with van der Waals surface area (Å²) in [6.07, 6.45) is 0. The van der Waals surface area contributed by atoms with Crippen molar-refractivity contribution < 1.29 is 23.4 Å². The molecule has 10 heteroatoms. The van der Waals surface area contributed by atoms with Crippen LogP contribution in [0.25, 0.3) is 0 Å². The molecule has 0 unspecified atom stereocenters. The number of guanidine groups is 1. The normalized spacial score (nSPS) is 11.9. The molecule has 1 rings (SSSR count). The molecule has 0 bridgehead atoms. The fourth-order valence-corrected chi connectivity index (χ4v) is 2.57. The van der Waals surface area contributed by atoms with E-state index in [1.165, 1.54) is 31.2 Å². The number of carbonyl (C=O) groups is 1. The van der Waals surface area contributed by atoms with E-state index in [2.05, 4.69) is 20.3 Å². The van der Waals surface area contributed by atoms with E-state index >= 15 is 0 Å². The molecule has 0 spiro atoms. The summed E-state index contributed by atoms with van der Waals surface area (Å²) in [5, 5.41) is 22.7. The Bertz CT molecular complexity index is 643. The van der Waals surface area contributed by atoms with Crippen LogP contribution in [-0.4, -0.2) is 56.8 Å². The second kappa shape index (κ2) is 9.08. The fourth-order valence-electron chi connectivity index (χ4n) is 1.57. The van der Waals surface area contributed by atoms with Gasteiger partial charge in [-0.1, -0.05) is 0 Å². The van der Waals surface area contributed by atoms with Crippen LogP contribution >= 0.6 is 0 Å². The molecule has 5 N–H and O–H groups in total. The van der Waals surface area contributed by atoms with Crippen LogP contribution in [0.15, 0.2) is 34.2 Å². The highest BCUT2D eigenvalue weighted by Gasteiger charge is 2.16. The highest BCUT2D eigenvalue weighted by Crippen LogP contribution is 2.13. The molecule has 0 atom stereocenters. The lowest BCUT2D eigenvalue weighted by Crippen LogP contribution is -2.42. The second-order valence-electron chi connectivity index (χ2n) is 4.42. The Balaban J connectivity index is 2.89. The third kappa shape index (κ3) is 6.63. The maximum atomic E-state index is 12.3. The Morgan fingerprint density at radius 2 is 1.83 bits per heavy atom. The van der Waals surface area contributed by atoms with Crippen molar-refractivity contribution in [2.24, 2.45) is 4.99 Å². The smallest absolute Gasteiger partial charge is 0.264 e. The number of aliphatic hydroxyl groups is 2. The average Bonchev–Trinajstić information content (AvgIpc) is 2.49. The summed E-state index contributed by atoms with van der Waals surface area (Å²) in [4.78, 5) is 14.8. The van der Waals surface area contributed by atoms with Crippen molar-refractivity contribution in [3.63, 3.8) is 0 Å². The van der Waals surface area contributed by atoms with Gasteiger partial charge in [-0.3, -0.25) is 9.79 Å². The Kier molecular flexibility index (Phi) is 7.45. The minimum Gasteiger partial charge on any atom is -0.395 e. The van der Waals surface area contributed by atoms with Gasteiger partial charge in [-0.05, 0) is 24.3 Å². The zero-order chi connectivity index (χ0) is 17.3. The lowest BCUT2D eigenvalue weighted by atomic mass is 10.3. The van der Waals surface area contributed by atoms with Crippen LogP contribution in [0.5, 0.6) is 0 Å². The molecule has 0 aliphatic heterocycles. The molecule has 0 aliphatic carbocycles. The lowest BCUT2D eigenvalue weighted by Gasteiger charge is -2.12. The lowest BCUT2D eigenvalue weighted by molar-refractivity contribution is -0.114. The minimum atomic E-state index is -3.88. The number of anilines is 1. The van der Waals surface area contributed by atoms with Crippen molar-refractivity contribution in [2.75, 3.05) is 31.6 Å². The largest absolute Gasteiger partial charge is 0.395 e. The monoisotopic (exact) mass is 344 g/mol. The number of carbonyl (C=O) groups excluding carboxylic acids is 1. The Labute approximate surface area is 134 Å². The summed E-state index contributed by atoms with van der Waals surface area (Å²) < 4.78 is 26.8. The summed E-state index contributed by atoms with van der Waals surface area (Å²) >= 11 is 0. The van der Waals surface area contributed by atoms with Gasteiger partial charge in [-0.2, -0.15) is 0 Å². The molecule has 0 aliphatic rings. The number of aliphatic hydroxyl groups excluding tert-OH is 2. The molecule has 0 fully saturated rings. The summed E-state index contributed by atoms with van der Waals surface area (Å²) in [6, 6.07) is 5.59. The van der Waals surface area contributed by atoms with Crippen molar-refractivity contribution in [3.05, 3.63) is 24.3 Å². The first-order valence-electron chi connectivity index (χ1n) is 6.79. The van der Waals surface area contributed by atoms with Crippen LogP contribution in [0, 0.1) is 0 Å². The molecule has 1 amide bonds. The van der Waals surface area contributed by atoms with Gasteiger partial charge in [0, 0.05) is 19.2 Å². The van der Waals surface area contributed by atoms with Crippen LogP contribution in [0.4, 0.5) is 5.69 Å². The van der Waals surface area contributed by atoms with Gasteiger partial charge >= 0.3 is 0 Å². The number of nitrogens with one attached hydrogen (secondary N) is 3. The number of rotatable bonds is 7. The average molecular weight is 344 g/mol. The quantitative estimate of drug-likeness (QED) is 0.313. The van der Waals surface area contributed by atoms with Crippen molar-refractivity contribution in [3.8, 4) is 0 Å². The third-order valence-electron chi connectivity index (χ3n) is 2.49. The molecule has 128 valence electrons. The summed E-state index contributed by atoms with van der Waals surface area (Å²) in [5.74, 6) is -0.329. The van der Waals surface area contributed by atoms with Crippen molar-refractivity contribution in [1.29, 1.82) is 0 Å². The van der Waals surface area contributed by atoms with Gasteiger partial charge in [0.05, 0.1) is 24.7 Å². The first-order chi connectivity index (χ1) is 10.9. The van der Waals surface area contributed by atoms with E-state index in [4.69, 9.17) is 10.2 Å². The molecule has 9 nitrogen and oxygen atoms in total. The fraction of sp³-hybridized carbons (Fsp3) is 0.385. The van der Waals surface area contributed by atoms with E-state index in [0.29, 0.717) is 5.69 Å². The molecule has 0 heterocycles. The molecular formula is C13H20N4O5S. The van der Waals surface area contributed by atoms with Gasteiger partial charge in [0.15, 0.2) is 0 Å². The molecular weight excluding hydrogens is 324 g/mol. The molecule has 23 heavy (non-hydrogen) atoms. The summed E-state index contributed by atoms with van der Waals surface area (Å²) in [7, 11) is -3.88. The van der Waals surface area contributed by atoms with Gasteiger partial charge in [0.25, 0.3) is 10.0 Å². The Hall–Kier alpha value is -2.17. The number of aliphatic imine (C=N–C) groups is 1. The molecule has 0 radical (unpaired) electrons. The van der Waals surface area contributed by atoms with Crippen molar-refractivity contribution in [2.45, 2.75) is 11.8 Å². The highest BCUT2D eigenvalue weighted by molar-refractivity contribution is 7.90. The van der Waals surface area contributed by atoms with Crippen LogP contribution in [0.3, 0.4) is 0 Å². The van der Waals surface area contributed by atoms with E-state index in [9.17, 15) is 13.2 Å². The van der Waals surface area contributed by atoms with Crippen LogP contribution in [-0.2, 0) is 14.8 Å². The molecule has 1 aromatic rings. The van der Waals surface area contributed by atoms with E-state index in [0.717, 1.165) is 0 Å². The molecule has 0 saturated carbocycles. The third-order valence-corrected chi connectivity index (χ3v) is 3.85. The number of benzene rings is 1. The van der Waals surface area contributed by atoms with Crippen molar-refractivity contribution >= 4 is 27.6 Å². The van der Waals surface area contributed by atoms with E-state index in [-0.39, 0.29) is 43.1 Å². The second-order valence-corrected chi connectivity index (χ2v) is 6.10.